The van der Waals surface area contributed by atoms with Gasteiger partial charge in [-0.1, -0.05) is 6.82 Å². The number of hydroxylamine groups is 1. The Hall–Kier alpha value is -0.505. The summed E-state index contributed by atoms with van der Waals surface area (Å²) in [4.78, 5) is 8.13. The SMILES string of the molecule is C[B]N=CONC. The number of hydrogen-bond acceptors (Lipinski definition) is 3. The fourth-order valence-electron chi connectivity index (χ4n) is 0.144. The molecule has 0 fully saturated rings. The van der Waals surface area contributed by atoms with Gasteiger partial charge in [-0.2, -0.15) is 5.48 Å². The minimum Gasteiger partial charge on any atom is -0.398 e. The third-order valence-electron chi connectivity index (χ3n) is 0.380. The summed E-state index contributed by atoms with van der Waals surface area (Å²) in [5.74, 6) is 0. The van der Waals surface area contributed by atoms with Crippen LogP contribution in [-0.4, -0.2) is 20.9 Å². The van der Waals surface area contributed by atoms with Gasteiger partial charge >= 0.3 is 0 Å². The molecule has 0 aliphatic heterocycles. The first-order chi connectivity index (χ1) is 3.41. The Kier molecular flexibility index (Phi) is 5.10. The van der Waals surface area contributed by atoms with Crippen LogP contribution in [0, 0.1) is 0 Å². The number of hydrogen-bond donors (Lipinski definition) is 1. The lowest BCUT2D eigenvalue weighted by molar-refractivity contribution is 0.222. The molecule has 1 N–H and O–H groups in total. The molecule has 0 bridgehead atoms. The van der Waals surface area contributed by atoms with Crippen LogP contribution in [0.15, 0.2) is 4.90 Å². The highest BCUT2D eigenvalue weighted by Crippen LogP contribution is 1.57. The van der Waals surface area contributed by atoms with E-state index in [0.29, 0.717) is 0 Å². The summed E-state index contributed by atoms with van der Waals surface area (Å²) in [5, 5.41) is 0. The molecule has 3 nitrogen and oxygen atoms in total. The Labute approximate surface area is 44.0 Å². The molecule has 0 aliphatic rings. The van der Waals surface area contributed by atoms with Gasteiger partial charge in [0.1, 0.15) is 0 Å². The lowest BCUT2D eigenvalue weighted by atomic mass is 10.0. The summed E-state index contributed by atoms with van der Waals surface area (Å²) in [6.45, 7) is 1.82. The van der Waals surface area contributed by atoms with Crippen LogP contribution in [0.5, 0.6) is 0 Å². The van der Waals surface area contributed by atoms with E-state index in [0.717, 1.165) is 0 Å². The third-order valence-corrected chi connectivity index (χ3v) is 0.380. The molecule has 1 radical (unpaired) electrons. The first kappa shape index (κ1) is 6.49. The summed E-state index contributed by atoms with van der Waals surface area (Å²) in [5.41, 5.74) is 2.43. The Morgan fingerprint density at radius 2 is 2.57 bits per heavy atom. The molecule has 0 aromatic heterocycles. The van der Waals surface area contributed by atoms with Gasteiger partial charge in [0.05, 0.1) is 0 Å². The zero-order valence-electron chi connectivity index (χ0n) is 4.51. The summed E-state index contributed by atoms with van der Waals surface area (Å²) >= 11 is 0. The lowest BCUT2D eigenvalue weighted by Gasteiger charge is -1.88. The van der Waals surface area contributed by atoms with Gasteiger partial charge in [-0.05, 0) is 0 Å². The monoisotopic (exact) mass is 99.1 g/mol. The minimum atomic E-state index is 1.32. The van der Waals surface area contributed by atoms with Crippen LogP contribution in [0.25, 0.3) is 0 Å². The summed E-state index contributed by atoms with van der Waals surface area (Å²) in [6.07, 6.45) is 1.32. The Morgan fingerprint density at radius 3 is 3.00 bits per heavy atom. The van der Waals surface area contributed by atoms with E-state index in [9.17, 15) is 0 Å². The average molecular weight is 98.9 g/mol. The number of nitrogens with one attached hydrogen (secondary N) is 1. The molecule has 0 aliphatic carbocycles. The molecular formula is C3H8BN2O. The predicted octanol–water partition coefficient (Wildman–Crippen LogP) is -0.167. The van der Waals surface area contributed by atoms with E-state index >= 15 is 0 Å². The third kappa shape index (κ3) is 5.49. The molecule has 39 valence electrons. The van der Waals surface area contributed by atoms with Crippen molar-refractivity contribution in [2.45, 2.75) is 6.82 Å². The van der Waals surface area contributed by atoms with Crippen LogP contribution in [-0.2, 0) is 4.84 Å². The standard InChI is InChI=1S/C3H8BN2O/c1-4-6-3-7-5-2/h3,5H,1-2H3. The smallest absolute Gasteiger partial charge is 0.275 e. The second-order valence-electron chi connectivity index (χ2n) is 0.835. The van der Waals surface area contributed by atoms with Crippen molar-refractivity contribution in [3.8, 4) is 0 Å². The van der Waals surface area contributed by atoms with Gasteiger partial charge in [0.15, 0.2) is 6.40 Å². The molecule has 0 heterocycles. The van der Waals surface area contributed by atoms with Crippen molar-refractivity contribution in [1.82, 2.24) is 5.48 Å². The largest absolute Gasteiger partial charge is 0.398 e. The fourth-order valence-corrected chi connectivity index (χ4v) is 0.144. The fraction of sp³-hybridized carbons (Fsp3) is 0.667. The van der Waals surface area contributed by atoms with Crippen LogP contribution in [0.4, 0.5) is 0 Å². The van der Waals surface area contributed by atoms with Crippen molar-refractivity contribution in [3.05, 3.63) is 0 Å². The average Bonchev–Trinajstić information content (AvgIpc) is 1.69. The molecule has 0 aromatic carbocycles. The van der Waals surface area contributed by atoms with E-state index in [-0.39, 0.29) is 0 Å². The van der Waals surface area contributed by atoms with Gasteiger partial charge in [-0.25, -0.2) is 0 Å². The zero-order chi connectivity index (χ0) is 5.54. The minimum absolute atomic E-state index is 1.32. The molecule has 4 heteroatoms. The van der Waals surface area contributed by atoms with Gasteiger partial charge < -0.3 is 9.74 Å². The van der Waals surface area contributed by atoms with E-state index in [2.05, 4.69) is 15.2 Å². The summed E-state index contributed by atoms with van der Waals surface area (Å²) in [7, 11) is 3.30. The van der Waals surface area contributed by atoms with Crippen molar-refractivity contribution >= 4 is 13.8 Å². The van der Waals surface area contributed by atoms with Crippen molar-refractivity contribution in [3.63, 3.8) is 0 Å². The first-order valence-corrected chi connectivity index (χ1v) is 2.03. The van der Waals surface area contributed by atoms with Gasteiger partial charge in [0.2, 0.25) is 0 Å². The second-order valence-corrected chi connectivity index (χ2v) is 0.835. The molecule has 0 unspecified atom stereocenters. The second kappa shape index (κ2) is 5.49. The summed E-state index contributed by atoms with van der Waals surface area (Å²) in [6, 6.07) is 0. The topological polar surface area (TPSA) is 33.6 Å². The maximum Gasteiger partial charge on any atom is 0.275 e. The molecule has 7 heavy (non-hydrogen) atoms. The van der Waals surface area contributed by atoms with Crippen LogP contribution < -0.4 is 5.48 Å². The maximum absolute atomic E-state index is 4.50. The van der Waals surface area contributed by atoms with Crippen molar-refractivity contribution in [2.24, 2.45) is 4.90 Å². The van der Waals surface area contributed by atoms with Crippen LogP contribution >= 0.6 is 0 Å². The molecule has 0 rings (SSSR count). The normalized spacial score (nSPS) is 9.43. The maximum atomic E-state index is 4.50. The first-order valence-electron chi connectivity index (χ1n) is 2.03. The van der Waals surface area contributed by atoms with E-state index < -0.39 is 0 Å². The molecule has 0 atom stereocenters. The number of nitrogens with zero attached hydrogens (tertiary/aromatic N) is 1. The van der Waals surface area contributed by atoms with Crippen LogP contribution in [0.1, 0.15) is 0 Å². The molecular weight excluding hydrogens is 90.9 g/mol. The number of rotatable bonds is 3. The van der Waals surface area contributed by atoms with Crippen LogP contribution in [0.3, 0.4) is 0 Å². The molecule has 0 aromatic rings. The molecule has 0 spiro atoms. The molecule has 0 saturated heterocycles. The highest BCUT2D eigenvalue weighted by molar-refractivity contribution is 6.32. The van der Waals surface area contributed by atoms with Crippen molar-refractivity contribution in [2.75, 3.05) is 7.05 Å². The van der Waals surface area contributed by atoms with E-state index in [1.54, 1.807) is 14.5 Å². The summed E-state index contributed by atoms with van der Waals surface area (Å²) < 4.78 is 0. The quantitative estimate of drug-likeness (QED) is 0.230. The van der Waals surface area contributed by atoms with Crippen molar-refractivity contribution < 1.29 is 4.84 Å². The van der Waals surface area contributed by atoms with Gasteiger partial charge in [0, 0.05) is 7.05 Å². The highest BCUT2D eigenvalue weighted by atomic mass is 16.6. The van der Waals surface area contributed by atoms with E-state index in [4.69, 9.17) is 0 Å². The Balaban J connectivity index is 2.78. The highest BCUT2D eigenvalue weighted by Gasteiger charge is 1.67. The van der Waals surface area contributed by atoms with E-state index in [1.807, 2.05) is 6.82 Å². The van der Waals surface area contributed by atoms with Gasteiger partial charge in [-0.15, -0.1) is 0 Å². The van der Waals surface area contributed by atoms with Gasteiger partial charge in [-0.3, -0.25) is 0 Å². The predicted molar refractivity (Wildman–Crippen MR) is 30.3 cm³/mol. The van der Waals surface area contributed by atoms with Crippen molar-refractivity contribution in [1.29, 1.82) is 0 Å². The lowest BCUT2D eigenvalue weighted by Crippen LogP contribution is -2.04. The van der Waals surface area contributed by atoms with E-state index in [1.165, 1.54) is 6.40 Å². The Bertz CT molecular complexity index is 56.9. The molecule has 0 saturated carbocycles. The molecule has 0 amide bonds. The Morgan fingerprint density at radius 1 is 1.86 bits per heavy atom. The van der Waals surface area contributed by atoms with Gasteiger partial charge in [0.25, 0.3) is 7.41 Å². The van der Waals surface area contributed by atoms with Crippen LogP contribution in [0.2, 0.25) is 6.82 Å². The zero-order valence-corrected chi connectivity index (χ0v) is 4.51.